The van der Waals surface area contributed by atoms with E-state index in [1.165, 1.54) is 11.8 Å². The number of aromatic nitrogens is 2. The summed E-state index contributed by atoms with van der Waals surface area (Å²) in [5, 5.41) is 3.90. The van der Waals surface area contributed by atoms with E-state index in [1.807, 2.05) is 6.26 Å². The SMILES string of the molecule is CSc1cn(C)nc1C(N)=O. The lowest BCUT2D eigenvalue weighted by Crippen LogP contribution is -2.12. The number of nitrogens with two attached hydrogens (primary N) is 1. The molecule has 0 bridgehead atoms. The minimum atomic E-state index is -0.477. The number of aryl methyl sites for hydroxylation is 1. The van der Waals surface area contributed by atoms with Crippen molar-refractivity contribution in [3.8, 4) is 0 Å². The van der Waals surface area contributed by atoms with Crippen molar-refractivity contribution in [3.05, 3.63) is 11.9 Å². The summed E-state index contributed by atoms with van der Waals surface area (Å²) >= 11 is 1.46. The highest BCUT2D eigenvalue weighted by molar-refractivity contribution is 7.98. The summed E-state index contributed by atoms with van der Waals surface area (Å²) in [5.74, 6) is -0.477. The Hall–Kier alpha value is -0.970. The van der Waals surface area contributed by atoms with Gasteiger partial charge in [-0.25, -0.2) is 0 Å². The smallest absolute Gasteiger partial charge is 0.270 e. The van der Waals surface area contributed by atoms with Crippen LogP contribution in [0.2, 0.25) is 0 Å². The van der Waals surface area contributed by atoms with Crippen LogP contribution >= 0.6 is 11.8 Å². The highest BCUT2D eigenvalue weighted by Gasteiger charge is 2.10. The van der Waals surface area contributed by atoms with Crippen LogP contribution in [0.25, 0.3) is 0 Å². The van der Waals surface area contributed by atoms with Gasteiger partial charge in [0, 0.05) is 13.2 Å². The van der Waals surface area contributed by atoms with Crippen molar-refractivity contribution in [2.75, 3.05) is 6.26 Å². The van der Waals surface area contributed by atoms with Crippen molar-refractivity contribution in [2.24, 2.45) is 12.8 Å². The number of hydrogen-bond acceptors (Lipinski definition) is 3. The van der Waals surface area contributed by atoms with Crippen LogP contribution in [0.4, 0.5) is 0 Å². The maximum absolute atomic E-state index is 10.7. The zero-order valence-corrected chi connectivity index (χ0v) is 7.18. The Labute approximate surface area is 68.8 Å². The van der Waals surface area contributed by atoms with E-state index in [4.69, 9.17) is 5.73 Å². The summed E-state index contributed by atoms with van der Waals surface area (Å²) < 4.78 is 1.58. The van der Waals surface area contributed by atoms with Crippen molar-refractivity contribution in [3.63, 3.8) is 0 Å². The molecule has 5 heteroatoms. The van der Waals surface area contributed by atoms with E-state index >= 15 is 0 Å². The second kappa shape index (κ2) is 2.96. The molecule has 0 fully saturated rings. The molecular formula is C6H9N3OS. The first kappa shape index (κ1) is 8.13. The van der Waals surface area contributed by atoms with Gasteiger partial charge in [-0.2, -0.15) is 5.10 Å². The zero-order valence-electron chi connectivity index (χ0n) is 6.37. The van der Waals surface area contributed by atoms with E-state index in [0.717, 1.165) is 4.90 Å². The highest BCUT2D eigenvalue weighted by Crippen LogP contribution is 2.17. The molecule has 1 heterocycles. The average Bonchev–Trinajstić information content (AvgIpc) is 2.30. The number of hydrogen-bond donors (Lipinski definition) is 1. The number of nitrogens with zero attached hydrogens (tertiary/aromatic N) is 2. The van der Waals surface area contributed by atoms with Gasteiger partial charge in [-0.15, -0.1) is 11.8 Å². The van der Waals surface area contributed by atoms with Crippen LogP contribution in [0.15, 0.2) is 11.1 Å². The van der Waals surface area contributed by atoms with Gasteiger partial charge in [0.1, 0.15) is 0 Å². The third-order valence-electron chi connectivity index (χ3n) is 1.25. The number of carbonyl (C=O) groups is 1. The van der Waals surface area contributed by atoms with Crippen LogP contribution in [0.5, 0.6) is 0 Å². The molecule has 0 unspecified atom stereocenters. The van der Waals surface area contributed by atoms with Crippen LogP contribution in [0, 0.1) is 0 Å². The summed E-state index contributed by atoms with van der Waals surface area (Å²) in [6.45, 7) is 0. The standard InChI is InChI=1S/C6H9N3OS/c1-9-3-4(11-2)5(8-9)6(7)10/h3H,1-2H3,(H2,7,10). The van der Waals surface area contributed by atoms with Crippen molar-refractivity contribution in [1.29, 1.82) is 0 Å². The molecule has 0 saturated heterocycles. The molecule has 1 aromatic rings. The van der Waals surface area contributed by atoms with Gasteiger partial charge in [0.2, 0.25) is 0 Å². The fourth-order valence-corrected chi connectivity index (χ4v) is 1.38. The molecule has 1 rings (SSSR count). The van der Waals surface area contributed by atoms with Gasteiger partial charge in [0.25, 0.3) is 5.91 Å². The van der Waals surface area contributed by atoms with E-state index in [0.29, 0.717) is 5.69 Å². The van der Waals surface area contributed by atoms with E-state index in [1.54, 1.807) is 17.9 Å². The Morgan fingerprint density at radius 2 is 2.45 bits per heavy atom. The fraction of sp³-hybridized carbons (Fsp3) is 0.333. The average molecular weight is 171 g/mol. The predicted octanol–water partition coefficient (Wildman–Crippen LogP) is 0.241. The number of carbonyl (C=O) groups excluding carboxylic acids is 1. The number of rotatable bonds is 2. The first-order valence-electron chi connectivity index (χ1n) is 3.02. The maximum atomic E-state index is 10.7. The van der Waals surface area contributed by atoms with E-state index in [2.05, 4.69) is 5.10 Å². The second-order valence-electron chi connectivity index (χ2n) is 2.08. The summed E-state index contributed by atoms with van der Waals surface area (Å²) in [7, 11) is 1.76. The van der Waals surface area contributed by atoms with E-state index < -0.39 is 5.91 Å². The highest BCUT2D eigenvalue weighted by atomic mass is 32.2. The third-order valence-corrected chi connectivity index (χ3v) is 1.99. The van der Waals surface area contributed by atoms with Crippen molar-refractivity contribution in [1.82, 2.24) is 9.78 Å². The van der Waals surface area contributed by atoms with Crippen LogP contribution in [0.1, 0.15) is 10.5 Å². The molecule has 0 spiro atoms. The summed E-state index contributed by atoms with van der Waals surface area (Å²) in [5.41, 5.74) is 5.42. The lowest BCUT2D eigenvalue weighted by Gasteiger charge is -1.89. The van der Waals surface area contributed by atoms with Crippen LogP contribution in [-0.4, -0.2) is 21.9 Å². The molecule has 0 saturated carbocycles. The monoisotopic (exact) mass is 171 g/mol. The van der Waals surface area contributed by atoms with E-state index in [-0.39, 0.29) is 0 Å². The minimum absolute atomic E-state index is 0.347. The topological polar surface area (TPSA) is 60.9 Å². The third kappa shape index (κ3) is 1.54. The molecule has 4 nitrogen and oxygen atoms in total. The van der Waals surface area contributed by atoms with Crippen LogP contribution in [-0.2, 0) is 7.05 Å². The molecule has 1 amide bonds. The molecule has 0 aliphatic carbocycles. The maximum Gasteiger partial charge on any atom is 0.270 e. The van der Waals surface area contributed by atoms with Crippen molar-refractivity contribution < 1.29 is 4.79 Å². The molecule has 1 aromatic heterocycles. The quantitative estimate of drug-likeness (QED) is 0.648. The van der Waals surface area contributed by atoms with Gasteiger partial charge in [0.15, 0.2) is 5.69 Å². The molecule has 0 aliphatic heterocycles. The van der Waals surface area contributed by atoms with Gasteiger partial charge in [-0.05, 0) is 6.26 Å². The van der Waals surface area contributed by atoms with Gasteiger partial charge in [-0.1, -0.05) is 0 Å². The molecule has 11 heavy (non-hydrogen) atoms. The number of amides is 1. The van der Waals surface area contributed by atoms with Gasteiger partial charge in [0.05, 0.1) is 4.90 Å². The molecule has 2 N–H and O–H groups in total. The Bertz CT molecular complexity index is 281. The molecule has 0 radical (unpaired) electrons. The Morgan fingerprint density at radius 1 is 1.82 bits per heavy atom. The molecule has 0 atom stereocenters. The summed E-state index contributed by atoms with van der Waals surface area (Å²) in [4.78, 5) is 11.5. The lowest BCUT2D eigenvalue weighted by atomic mass is 10.4. The molecule has 0 aromatic carbocycles. The number of primary amides is 1. The second-order valence-corrected chi connectivity index (χ2v) is 2.93. The van der Waals surface area contributed by atoms with Crippen molar-refractivity contribution in [2.45, 2.75) is 4.90 Å². The lowest BCUT2D eigenvalue weighted by molar-refractivity contribution is 0.0992. The van der Waals surface area contributed by atoms with Crippen LogP contribution < -0.4 is 5.73 Å². The molecule has 0 aliphatic rings. The fourth-order valence-electron chi connectivity index (χ4n) is 0.787. The van der Waals surface area contributed by atoms with Gasteiger partial charge in [-0.3, -0.25) is 9.48 Å². The predicted molar refractivity (Wildman–Crippen MR) is 43.5 cm³/mol. The normalized spacial score (nSPS) is 10.0. The Kier molecular flexibility index (Phi) is 2.19. The summed E-state index contributed by atoms with van der Waals surface area (Å²) in [6, 6.07) is 0. The van der Waals surface area contributed by atoms with E-state index in [9.17, 15) is 4.79 Å². The minimum Gasteiger partial charge on any atom is -0.364 e. The molecule has 60 valence electrons. The zero-order chi connectivity index (χ0) is 8.43. The van der Waals surface area contributed by atoms with Gasteiger partial charge < -0.3 is 5.73 Å². The first-order valence-corrected chi connectivity index (χ1v) is 4.25. The van der Waals surface area contributed by atoms with Crippen LogP contribution in [0.3, 0.4) is 0 Å². The van der Waals surface area contributed by atoms with Gasteiger partial charge >= 0.3 is 0 Å². The first-order chi connectivity index (χ1) is 5.15. The number of thioether (sulfide) groups is 1. The van der Waals surface area contributed by atoms with Crippen molar-refractivity contribution >= 4 is 17.7 Å². The molecular weight excluding hydrogens is 162 g/mol. The Morgan fingerprint density at radius 3 is 2.82 bits per heavy atom. The largest absolute Gasteiger partial charge is 0.364 e. The Balaban J connectivity index is 3.12. The summed E-state index contributed by atoms with van der Waals surface area (Å²) in [6.07, 6.45) is 3.65.